The van der Waals surface area contributed by atoms with E-state index in [2.05, 4.69) is 0 Å². The van der Waals surface area contributed by atoms with Gasteiger partial charge >= 0.3 is 29.6 Å². The van der Waals surface area contributed by atoms with Crippen LogP contribution in [0.1, 0.15) is 1.43 Å². The molecule has 0 amide bonds. The topological polar surface area (TPSA) is 253 Å². The molecule has 0 rings (SSSR count). The second-order valence-electron chi connectivity index (χ2n) is 0.714. The molecule has 0 saturated carbocycles. The molecule has 90 valence electrons. The van der Waals surface area contributed by atoms with Gasteiger partial charge in [-0.05, 0) is 0 Å². The fraction of sp³-hybridized carbons (Fsp3) is 0. The van der Waals surface area contributed by atoms with Crippen LogP contribution in [0.2, 0.25) is 0 Å². The molecule has 0 radical (unpaired) electrons. The number of hydrogen-bond acceptors (Lipinski definition) is 6. The minimum Gasteiger partial charge on any atom is -1.00 e. The minimum atomic E-state index is -1.50. The van der Waals surface area contributed by atoms with Crippen molar-refractivity contribution in [2.24, 2.45) is 0 Å². The summed E-state index contributed by atoms with van der Waals surface area (Å²) in [6.45, 7) is 0. The average Bonchev–Trinajstić information content (AvgIpc) is 1.54. The van der Waals surface area contributed by atoms with Gasteiger partial charge in [-0.3, -0.25) is 0 Å². The Morgan fingerprint density at radius 3 is 0.733 bits per heavy atom. The fourth-order valence-corrected chi connectivity index (χ4v) is 0. The standard InChI is InChI=1S/3HNO3.Na.2H2O.H/c3*2-1(3)4;;;;/h3*(H,2,3,4);;2*1H2;/q;;;+1;;;-1. The summed E-state index contributed by atoms with van der Waals surface area (Å²) in [5, 5.41) is 40.9. The Labute approximate surface area is 103 Å². The van der Waals surface area contributed by atoms with Gasteiger partial charge in [-0.1, -0.05) is 0 Å². The SMILES string of the molecule is O.O.O=[N+]([O-])O.O=[N+]([O-])O.O=[N+]([O-])O.[H-].[Na+]. The summed E-state index contributed by atoms with van der Waals surface area (Å²) in [5.74, 6) is 0. The molecule has 0 aromatic rings. The van der Waals surface area contributed by atoms with Gasteiger partial charge in [0.1, 0.15) is 0 Å². The molecule has 15 heteroatoms. The van der Waals surface area contributed by atoms with Gasteiger partial charge in [-0.25, -0.2) is 0 Å². The predicted molar refractivity (Wildman–Crippen MR) is 34.7 cm³/mol. The van der Waals surface area contributed by atoms with E-state index in [9.17, 15) is 0 Å². The van der Waals surface area contributed by atoms with Crippen molar-refractivity contribution in [3.63, 3.8) is 0 Å². The van der Waals surface area contributed by atoms with Crippen LogP contribution in [-0.4, -0.2) is 41.8 Å². The summed E-state index contributed by atoms with van der Waals surface area (Å²) in [5.41, 5.74) is 0. The second kappa shape index (κ2) is 29.4. The molecule has 0 aliphatic heterocycles. The molecule has 7 N–H and O–H groups in total. The van der Waals surface area contributed by atoms with Crippen LogP contribution in [0.15, 0.2) is 0 Å². The Morgan fingerprint density at radius 2 is 0.733 bits per heavy atom. The van der Waals surface area contributed by atoms with Crippen LogP contribution < -0.4 is 29.6 Å². The van der Waals surface area contributed by atoms with E-state index in [0.29, 0.717) is 0 Å². The maximum atomic E-state index is 8.36. The van der Waals surface area contributed by atoms with Crippen LogP contribution in [0.5, 0.6) is 0 Å². The summed E-state index contributed by atoms with van der Waals surface area (Å²) in [6, 6.07) is 0. The molecule has 15 heavy (non-hydrogen) atoms. The number of rotatable bonds is 0. The summed E-state index contributed by atoms with van der Waals surface area (Å²) in [7, 11) is 0. The Balaban J connectivity index is -0.0000000135. The third-order valence-corrected chi connectivity index (χ3v) is 0. The van der Waals surface area contributed by atoms with E-state index < -0.39 is 15.3 Å². The summed E-state index contributed by atoms with van der Waals surface area (Å²) < 4.78 is 0. The normalized spacial score (nSPS) is 4.80. The predicted octanol–water partition coefficient (Wildman–Crippen LogP) is -5.58. The molecule has 0 aliphatic carbocycles. The van der Waals surface area contributed by atoms with Crippen molar-refractivity contribution < 1.29 is 72.8 Å². The molecule has 0 saturated heterocycles. The first-order chi connectivity index (χ1) is 5.20. The van der Waals surface area contributed by atoms with Crippen molar-refractivity contribution in [3.05, 3.63) is 30.3 Å². The van der Waals surface area contributed by atoms with Gasteiger partial charge in [0.25, 0.3) is 15.3 Å². The third-order valence-electron chi connectivity index (χ3n) is 0. The quantitative estimate of drug-likeness (QED) is 0.209. The zero-order valence-electron chi connectivity index (χ0n) is 8.13. The Morgan fingerprint density at radius 1 is 0.733 bits per heavy atom. The molecular formula is H8N3NaO11. The van der Waals surface area contributed by atoms with Crippen LogP contribution in [0.25, 0.3) is 0 Å². The van der Waals surface area contributed by atoms with Crippen molar-refractivity contribution in [1.82, 2.24) is 0 Å². The molecule has 0 aliphatic rings. The number of hydrogen-bond donors (Lipinski definition) is 3. The largest absolute Gasteiger partial charge is 1.00 e. The van der Waals surface area contributed by atoms with Crippen LogP contribution in [0.3, 0.4) is 0 Å². The van der Waals surface area contributed by atoms with Gasteiger partial charge in [0.05, 0.1) is 0 Å². The molecule has 0 spiro atoms. The van der Waals surface area contributed by atoms with Crippen molar-refractivity contribution >= 4 is 0 Å². The van der Waals surface area contributed by atoms with Gasteiger partial charge in [0.15, 0.2) is 0 Å². The molecule has 0 atom stereocenters. The first kappa shape index (κ1) is 37.5. The van der Waals surface area contributed by atoms with E-state index in [1.807, 2.05) is 0 Å². The van der Waals surface area contributed by atoms with Gasteiger partial charge in [0.2, 0.25) is 0 Å². The summed E-state index contributed by atoms with van der Waals surface area (Å²) >= 11 is 0. The van der Waals surface area contributed by atoms with Crippen molar-refractivity contribution in [2.75, 3.05) is 0 Å². The molecule has 0 bridgehead atoms. The Kier molecular flexibility index (Phi) is 73.4. The molecule has 0 aromatic heterocycles. The Hall–Kier alpha value is -1.48. The average molecular weight is 249 g/mol. The Bertz CT molecular complexity index is 119. The van der Waals surface area contributed by atoms with Gasteiger partial charge < -0.3 is 28.0 Å². The zero-order chi connectivity index (χ0) is 10.7. The van der Waals surface area contributed by atoms with E-state index in [1.165, 1.54) is 0 Å². The summed E-state index contributed by atoms with van der Waals surface area (Å²) in [4.78, 5) is 25.1. The van der Waals surface area contributed by atoms with Crippen LogP contribution in [0, 0.1) is 30.3 Å². The van der Waals surface area contributed by atoms with Gasteiger partial charge in [-0.2, -0.15) is 0 Å². The summed E-state index contributed by atoms with van der Waals surface area (Å²) in [6.07, 6.45) is 0. The zero-order valence-corrected chi connectivity index (χ0v) is 9.13. The van der Waals surface area contributed by atoms with Gasteiger partial charge in [-0.15, -0.1) is 30.3 Å². The third kappa shape index (κ3) is 633. The van der Waals surface area contributed by atoms with Gasteiger partial charge in [0, 0.05) is 0 Å². The first-order valence-corrected chi connectivity index (χ1v) is 1.70. The van der Waals surface area contributed by atoms with E-state index in [-0.39, 0.29) is 41.9 Å². The van der Waals surface area contributed by atoms with E-state index >= 15 is 0 Å². The molecule has 0 heterocycles. The molecule has 14 nitrogen and oxygen atoms in total. The van der Waals surface area contributed by atoms with E-state index in [1.54, 1.807) is 0 Å². The van der Waals surface area contributed by atoms with Crippen molar-refractivity contribution in [2.45, 2.75) is 0 Å². The monoisotopic (exact) mass is 249 g/mol. The smallest absolute Gasteiger partial charge is 1.00 e. The van der Waals surface area contributed by atoms with Crippen molar-refractivity contribution in [1.29, 1.82) is 0 Å². The fourth-order valence-electron chi connectivity index (χ4n) is 0. The second-order valence-corrected chi connectivity index (χ2v) is 0.714. The van der Waals surface area contributed by atoms with Crippen LogP contribution in [-0.2, 0) is 0 Å². The molecule has 0 aromatic carbocycles. The van der Waals surface area contributed by atoms with Crippen LogP contribution >= 0.6 is 0 Å². The maximum Gasteiger partial charge on any atom is 1.00 e. The molecule has 0 unspecified atom stereocenters. The van der Waals surface area contributed by atoms with Crippen LogP contribution in [0.4, 0.5) is 0 Å². The van der Waals surface area contributed by atoms with Crippen molar-refractivity contribution in [3.8, 4) is 0 Å². The van der Waals surface area contributed by atoms with E-state index in [4.69, 9.17) is 46.0 Å². The minimum absolute atomic E-state index is 0. The molecular weight excluding hydrogens is 241 g/mol. The van der Waals surface area contributed by atoms with E-state index in [0.717, 1.165) is 0 Å². The maximum absolute atomic E-state index is 8.36. The first-order valence-electron chi connectivity index (χ1n) is 1.70. The number of nitrogens with zero attached hydrogens (tertiary/aromatic N) is 3. The molecule has 0 fully saturated rings.